The highest BCUT2D eigenvalue weighted by atomic mass is 32.2. The quantitative estimate of drug-likeness (QED) is 0.740. The summed E-state index contributed by atoms with van der Waals surface area (Å²) in [5.41, 5.74) is 5.38. The van der Waals surface area contributed by atoms with Gasteiger partial charge in [-0.25, -0.2) is 0 Å². The Labute approximate surface area is 161 Å². The summed E-state index contributed by atoms with van der Waals surface area (Å²) in [5.74, 6) is 1.23. The molecule has 1 fully saturated rings. The van der Waals surface area contributed by atoms with Crippen LogP contribution in [-0.4, -0.2) is 48.8 Å². The lowest BCUT2D eigenvalue weighted by molar-refractivity contribution is 0.264. The van der Waals surface area contributed by atoms with E-state index in [4.69, 9.17) is 0 Å². The van der Waals surface area contributed by atoms with Gasteiger partial charge in [-0.15, -0.1) is 11.8 Å². The Balaban J connectivity index is 1.40. The summed E-state index contributed by atoms with van der Waals surface area (Å²) in [7, 11) is 4.38. The first-order valence-electron chi connectivity index (χ1n) is 9.60. The SMILES string of the molecule is CN(C)C1CCN(Cc2ccc(-c3ccc(C4=CCCS4)cc3)cc2)C1. The Hall–Kier alpha value is -1.55. The van der Waals surface area contributed by atoms with E-state index in [1.165, 1.54) is 58.8 Å². The van der Waals surface area contributed by atoms with Gasteiger partial charge in [0.25, 0.3) is 0 Å². The number of benzene rings is 2. The van der Waals surface area contributed by atoms with E-state index in [0.717, 1.165) is 6.54 Å². The fraction of sp³-hybridized carbons (Fsp3) is 0.391. The lowest BCUT2D eigenvalue weighted by Crippen LogP contribution is -2.31. The normalized spacial score (nSPS) is 20.7. The topological polar surface area (TPSA) is 6.48 Å². The molecule has 2 aliphatic heterocycles. The van der Waals surface area contributed by atoms with Gasteiger partial charge in [0.15, 0.2) is 0 Å². The van der Waals surface area contributed by atoms with E-state index in [9.17, 15) is 0 Å². The van der Waals surface area contributed by atoms with Crippen LogP contribution in [0.3, 0.4) is 0 Å². The average molecular weight is 365 g/mol. The van der Waals surface area contributed by atoms with E-state index < -0.39 is 0 Å². The van der Waals surface area contributed by atoms with Gasteiger partial charge in [0.1, 0.15) is 0 Å². The zero-order valence-electron chi connectivity index (χ0n) is 15.8. The molecule has 4 rings (SSSR count). The van der Waals surface area contributed by atoms with Crippen LogP contribution in [0, 0.1) is 0 Å². The number of nitrogens with zero attached hydrogens (tertiary/aromatic N) is 2. The first-order valence-corrected chi connectivity index (χ1v) is 10.6. The molecule has 0 amide bonds. The molecule has 2 heterocycles. The van der Waals surface area contributed by atoms with Crippen LogP contribution in [0.5, 0.6) is 0 Å². The first kappa shape index (κ1) is 17.8. The van der Waals surface area contributed by atoms with Crippen molar-refractivity contribution < 1.29 is 0 Å². The van der Waals surface area contributed by atoms with E-state index in [1.807, 2.05) is 11.8 Å². The van der Waals surface area contributed by atoms with Crippen molar-refractivity contribution in [3.63, 3.8) is 0 Å². The summed E-state index contributed by atoms with van der Waals surface area (Å²) in [6.45, 7) is 3.46. The second-order valence-corrected chi connectivity index (χ2v) is 8.76. The highest BCUT2D eigenvalue weighted by Crippen LogP contribution is 2.34. The van der Waals surface area contributed by atoms with E-state index in [1.54, 1.807) is 0 Å². The molecule has 26 heavy (non-hydrogen) atoms. The summed E-state index contributed by atoms with van der Waals surface area (Å²) < 4.78 is 0. The van der Waals surface area contributed by atoms with Gasteiger partial charge >= 0.3 is 0 Å². The fourth-order valence-electron chi connectivity index (χ4n) is 3.88. The number of rotatable bonds is 5. The van der Waals surface area contributed by atoms with Crippen molar-refractivity contribution in [1.82, 2.24) is 9.80 Å². The summed E-state index contributed by atoms with van der Waals surface area (Å²) in [5, 5.41) is 0. The minimum absolute atomic E-state index is 0.709. The summed E-state index contributed by atoms with van der Waals surface area (Å²) in [6.07, 6.45) is 4.84. The third-order valence-corrected chi connectivity index (χ3v) is 6.70. The van der Waals surface area contributed by atoms with Crippen molar-refractivity contribution in [2.45, 2.75) is 25.4 Å². The van der Waals surface area contributed by atoms with Gasteiger partial charge in [-0.05, 0) is 49.2 Å². The minimum Gasteiger partial charge on any atom is -0.305 e. The molecule has 0 radical (unpaired) electrons. The second kappa shape index (κ2) is 7.99. The predicted molar refractivity (Wildman–Crippen MR) is 114 cm³/mol. The summed E-state index contributed by atoms with van der Waals surface area (Å²) >= 11 is 1.97. The predicted octanol–water partition coefficient (Wildman–Crippen LogP) is 4.97. The standard InChI is InChI=1S/C23H28N2S/c1-24(2)22-13-14-25(17-22)16-18-5-7-19(8-6-18)20-9-11-21(12-10-20)23-4-3-15-26-23/h4-12,22H,3,13-17H2,1-2H3. The number of likely N-dealkylation sites (N-methyl/N-ethyl adjacent to an activating group) is 1. The van der Waals surface area contributed by atoms with Crippen LogP contribution >= 0.6 is 11.8 Å². The molecule has 0 aromatic heterocycles. The zero-order chi connectivity index (χ0) is 17.9. The summed E-state index contributed by atoms with van der Waals surface area (Å²) in [6, 6.07) is 18.9. The Morgan fingerprint density at radius 1 is 0.962 bits per heavy atom. The van der Waals surface area contributed by atoms with Gasteiger partial charge < -0.3 is 4.90 Å². The van der Waals surface area contributed by atoms with Crippen LogP contribution in [0.25, 0.3) is 16.0 Å². The van der Waals surface area contributed by atoms with E-state index in [2.05, 4.69) is 78.5 Å². The maximum Gasteiger partial charge on any atom is 0.0234 e. The molecule has 1 atom stereocenters. The third-order valence-electron chi connectivity index (χ3n) is 5.55. The van der Waals surface area contributed by atoms with Gasteiger partial charge in [-0.2, -0.15) is 0 Å². The Morgan fingerprint density at radius 3 is 2.19 bits per heavy atom. The number of allylic oxidation sites excluding steroid dienone is 1. The van der Waals surface area contributed by atoms with Crippen molar-refractivity contribution in [2.24, 2.45) is 0 Å². The van der Waals surface area contributed by atoms with Gasteiger partial charge in [0, 0.05) is 36.3 Å². The molecule has 2 nitrogen and oxygen atoms in total. The van der Waals surface area contributed by atoms with E-state index >= 15 is 0 Å². The lowest BCUT2D eigenvalue weighted by Gasteiger charge is -2.20. The van der Waals surface area contributed by atoms with Gasteiger partial charge in [-0.3, -0.25) is 4.90 Å². The van der Waals surface area contributed by atoms with Crippen molar-refractivity contribution in [3.05, 3.63) is 65.7 Å². The highest BCUT2D eigenvalue weighted by molar-refractivity contribution is 8.08. The summed E-state index contributed by atoms with van der Waals surface area (Å²) in [4.78, 5) is 6.36. The highest BCUT2D eigenvalue weighted by Gasteiger charge is 2.23. The van der Waals surface area contributed by atoms with Crippen molar-refractivity contribution in [1.29, 1.82) is 0 Å². The molecule has 1 saturated heterocycles. The van der Waals surface area contributed by atoms with E-state index in [-0.39, 0.29) is 0 Å². The minimum atomic E-state index is 0.709. The van der Waals surface area contributed by atoms with Gasteiger partial charge in [0.05, 0.1) is 0 Å². The second-order valence-electron chi connectivity index (χ2n) is 7.62. The van der Waals surface area contributed by atoms with Crippen LogP contribution in [-0.2, 0) is 6.54 Å². The molecule has 136 valence electrons. The molecule has 2 aliphatic rings. The van der Waals surface area contributed by atoms with Crippen molar-refractivity contribution in [2.75, 3.05) is 32.9 Å². The molecule has 2 aromatic carbocycles. The molecular weight excluding hydrogens is 336 g/mol. The maximum absolute atomic E-state index is 2.57. The van der Waals surface area contributed by atoms with E-state index in [0.29, 0.717) is 6.04 Å². The average Bonchev–Trinajstić information content (AvgIpc) is 3.35. The van der Waals surface area contributed by atoms with Crippen LogP contribution < -0.4 is 0 Å². The Morgan fingerprint density at radius 2 is 1.62 bits per heavy atom. The first-order chi connectivity index (χ1) is 12.7. The van der Waals surface area contributed by atoms with Crippen LogP contribution in [0.1, 0.15) is 24.0 Å². The Bertz CT molecular complexity index is 762. The molecule has 3 heteroatoms. The van der Waals surface area contributed by atoms with Crippen LogP contribution in [0.2, 0.25) is 0 Å². The van der Waals surface area contributed by atoms with Crippen molar-refractivity contribution in [3.8, 4) is 11.1 Å². The number of hydrogen-bond donors (Lipinski definition) is 0. The molecule has 0 saturated carbocycles. The molecule has 0 bridgehead atoms. The maximum atomic E-state index is 2.57. The number of hydrogen-bond acceptors (Lipinski definition) is 3. The number of likely N-dealkylation sites (tertiary alicyclic amines) is 1. The zero-order valence-corrected chi connectivity index (χ0v) is 16.6. The molecule has 2 aromatic rings. The Kier molecular flexibility index (Phi) is 5.49. The van der Waals surface area contributed by atoms with Crippen molar-refractivity contribution >= 4 is 16.7 Å². The fourth-order valence-corrected chi connectivity index (χ4v) is 4.88. The van der Waals surface area contributed by atoms with Gasteiger partial charge in [0.2, 0.25) is 0 Å². The molecule has 0 spiro atoms. The van der Waals surface area contributed by atoms with Gasteiger partial charge in [-0.1, -0.05) is 54.6 Å². The molecule has 0 aliphatic carbocycles. The van der Waals surface area contributed by atoms with Crippen LogP contribution in [0.4, 0.5) is 0 Å². The molecular formula is C23H28N2S. The number of thioether (sulfide) groups is 1. The largest absolute Gasteiger partial charge is 0.305 e. The monoisotopic (exact) mass is 364 g/mol. The van der Waals surface area contributed by atoms with Crippen LogP contribution in [0.15, 0.2) is 54.6 Å². The molecule has 0 N–H and O–H groups in total. The lowest BCUT2D eigenvalue weighted by atomic mass is 10.0. The third kappa shape index (κ3) is 4.06. The smallest absolute Gasteiger partial charge is 0.0234 e. The molecule has 1 unspecified atom stereocenters.